The number of nitriles is 1. The van der Waals surface area contributed by atoms with Crippen molar-refractivity contribution in [2.75, 3.05) is 4.90 Å². The molecule has 3 aliphatic heterocycles. The number of nitrogens with zero attached hydrogens (tertiary/aromatic N) is 2. The summed E-state index contributed by atoms with van der Waals surface area (Å²) in [4.78, 5) is 40.2. The first kappa shape index (κ1) is 24.8. The van der Waals surface area contributed by atoms with E-state index in [9.17, 15) is 27.6 Å². The number of imide groups is 1. The molecular formula is C26H22F3N3O5. The molecule has 192 valence electrons. The average molecular weight is 513 g/mol. The Labute approximate surface area is 209 Å². The molecule has 0 spiro atoms. The van der Waals surface area contributed by atoms with Crippen molar-refractivity contribution >= 4 is 23.6 Å². The van der Waals surface area contributed by atoms with Gasteiger partial charge in [0.2, 0.25) is 11.8 Å². The van der Waals surface area contributed by atoms with Gasteiger partial charge in [-0.1, -0.05) is 30.3 Å². The van der Waals surface area contributed by atoms with Crippen molar-refractivity contribution in [1.29, 1.82) is 5.26 Å². The summed E-state index contributed by atoms with van der Waals surface area (Å²) < 4.78 is 52.3. The van der Waals surface area contributed by atoms with Crippen LogP contribution in [0.25, 0.3) is 0 Å². The van der Waals surface area contributed by atoms with Crippen LogP contribution in [-0.2, 0) is 31.8 Å². The van der Waals surface area contributed by atoms with Crippen molar-refractivity contribution in [1.82, 2.24) is 5.32 Å². The van der Waals surface area contributed by atoms with Crippen LogP contribution in [0.15, 0.2) is 48.5 Å². The molecule has 0 radical (unpaired) electrons. The fourth-order valence-corrected chi connectivity index (χ4v) is 5.85. The zero-order chi connectivity index (χ0) is 26.8. The highest BCUT2D eigenvalue weighted by Crippen LogP contribution is 2.61. The number of rotatable bonds is 4. The predicted octanol–water partition coefficient (Wildman–Crippen LogP) is 3.93. The Balaban J connectivity index is 1.39. The number of alkyl carbamates (subject to hydrolysis) is 1. The highest BCUT2D eigenvalue weighted by atomic mass is 19.4. The Hall–Kier alpha value is -3.91. The van der Waals surface area contributed by atoms with Crippen molar-refractivity contribution in [2.45, 2.75) is 50.3 Å². The first-order valence-electron chi connectivity index (χ1n) is 11.6. The Bertz CT molecular complexity index is 1340. The van der Waals surface area contributed by atoms with Gasteiger partial charge in [0.25, 0.3) is 0 Å². The smallest absolute Gasteiger partial charge is 0.417 e. The van der Waals surface area contributed by atoms with Crippen LogP contribution in [0.1, 0.15) is 37.0 Å². The van der Waals surface area contributed by atoms with E-state index in [1.807, 2.05) is 30.3 Å². The van der Waals surface area contributed by atoms with Crippen LogP contribution in [0, 0.1) is 23.2 Å². The lowest BCUT2D eigenvalue weighted by Gasteiger charge is -2.34. The summed E-state index contributed by atoms with van der Waals surface area (Å²) >= 11 is 0. The molecule has 3 saturated heterocycles. The number of halogens is 3. The molecule has 2 aromatic carbocycles. The minimum atomic E-state index is -4.85. The van der Waals surface area contributed by atoms with E-state index in [0.717, 1.165) is 22.6 Å². The second kappa shape index (κ2) is 8.31. The second-order valence-corrected chi connectivity index (χ2v) is 9.84. The van der Waals surface area contributed by atoms with Gasteiger partial charge in [-0.3, -0.25) is 9.59 Å². The number of carbonyl (C=O) groups is 3. The number of carbonyl (C=O) groups excluding carboxylic acids is 3. The van der Waals surface area contributed by atoms with Crippen LogP contribution < -0.4 is 10.2 Å². The summed E-state index contributed by atoms with van der Waals surface area (Å²) in [6, 6.07) is 13.4. The Morgan fingerprint density at radius 2 is 1.84 bits per heavy atom. The molecule has 37 heavy (non-hydrogen) atoms. The Kier molecular flexibility index (Phi) is 5.56. The summed E-state index contributed by atoms with van der Waals surface area (Å²) in [5, 5.41) is 11.7. The first-order chi connectivity index (χ1) is 17.4. The van der Waals surface area contributed by atoms with Crippen molar-refractivity contribution in [3.8, 4) is 6.07 Å². The third-order valence-electron chi connectivity index (χ3n) is 7.48. The normalized spacial score (nSPS) is 30.3. The van der Waals surface area contributed by atoms with Crippen LogP contribution >= 0.6 is 0 Å². The molecule has 5 unspecified atom stereocenters. The van der Waals surface area contributed by atoms with Gasteiger partial charge in [-0.25, -0.2) is 9.69 Å². The van der Waals surface area contributed by atoms with E-state index in [2.05, 4.69) is 5.32 Å². The highest BCUT2D eigenvalue weighted by Gasteiger charge is 2.77. The fraction of sp³-hybridized carbons (Fsp3) is 0.385. The first-order valence-corrected chi connectivity index (χ1v) is 11.6. The quantitative estimate of drug-likeness (QED) is 0.621. The third kappa shape index (κ3) is 3.83. The molecule has 1 N–H and O–H groups in total. The fourth-order valence-electron chi connectivity index (χ4n) is 5.85. The summed E-state index contributed by atoms with van der Waals surface area (Å²) in [5.74, 6) is -3.44. The highest BCUT2D eigenvalue weighted by molar-refractivity contribution is 6.23. The van der Waals surface area contributed by atoms with Crippen LogP contribution in [0.4, 0.5) is 23.7 Å². The van der Waals surface area contributed by atoms with E-state index in [-0.39, 0.29) is 18.7 Å². The number of ether oxygens (including phenoxy) is 2. The summed E-state index contributed by atoms with van der Waals surface area (Å²) in [7, 11) is 0. The monoisotopic (exact) mass is 513 g/mol. The predicted molar refractivity (Wildman–Crippen MR) is 122 cm³/mol. The van der Waals surface area contributed by atoms with Crippen molar-refractivity contribution in [2.24, 2.45) is 11.8 Å². The maximum Gasteiger partial charge on any atom is 0.417 e. The number of nitrogens with one attached hydrogen (secondary N) is 1. The number of benzene rings is 2. The number of anilines is 1. The van der Waals surface area contributed by atoms with E-state index in [1.165, 1.54) is 6.07 Å². The molecule has 2 bridgehead atoms. The largest absolute Gasteiger partial charge is 0.443 e. The van der Waals surface area contributed by atoms with E-state index in [0.29, 0.717) is 6.07 Å². The number of fused-ring (bicyclic) bond motifs is 5. The van der Waals surface area contributed by atoms with Gasteiger partial charge in [0.05, 0.1) is 40.3 Å². The maximum absolute atomic E-state index is 13.5. The molecule has 0 aromatic heterocycles. The zero-order valence-electron chi connectivity index (χ0n) is 19.8. The average Bonchev–Trinajstić information content (AvgIpc) is 3.37. The molecule has 0 aliphatic carbocycles. The lowest BCUT2D eigenvalue weighted by atomic mass is 9.67. The molecule has 5 atom stereocenters. The van der Waals surface area contributed by atoms with Gasteiger partial charge in [0.15, 0.2) is 0 Å². The molecule has 11 heteroatoms. The molecule has 2 aromatic rings. The van der Waals surface area contributed by atoms with Gasteiger partial charge in [-0.05, 0) is 37.6 Å². The number of hydrogen-bond donors (Lipinski definition) is 1. The van der Waals surface area contributed by atoms with E-state index in [1.54, 1.807) is 13.8 Å². The summed E-state index contributed by atoms with van der Waals surface area (Å²) in [5.41, 5.74) is -3.80. The van der Waals surface area contributed by atoms with Crippen molar-refractivity contribution in [3.63, 3.8) is 0 Å². The van der Waals surface area contributed by atoms with Crippen LogP contribution in [0.3, 0.4) is 0 Å². The van der Waals surface area contributed by atoms with E-state index < -0.39 is 64.4 Å². The maximum atomic E-state index is 13.5. The molecule has 3 fully saturated rings. The van der Waals surface area contributed by atoms with Gasteiger partial charge < -0.3 is 14.8 Å². The van der Waals surface area contributed by atoms with Crippen LogP contribution in [-0.4, -0.2) is 35.2 Å². The Morgan fingerprint density at radius 1 is 1.16 bits per heavy atom. The second-order valence-electron chi connectivity index (χ2n) is 9.84. The number of hydrogen-bond acceptors (Lipinski definition) is 6. The van der Waals surface area contributed by atoms with Gasteiger partial charge in [0, 0.05) is 13.0 Å². The standard InChI is InChI=1S/C26H22F3N3O5/c1-24-11-18(36-23(35)31-13-14-6-4-3-5-7-14)25(2,37-24)20-19(24)21(33)32(22(20)34)16-9-8-15(12-30)17(10-16)26(27,28)29/h3-10,18-20H,11,13H2,1-2H3,(H,31,35). The lowest BCUT2D eigenvalue weighted by Crippen LogP contribution is -2.51. The van der Waals surface area contributed by atoms with E-state index in [4.69, 9.17) is 14.7 Å². The zero-order valence-corrected chi connectivity index (χ0v) is 19.8. The number of alkyl halides is 3. The van der Waals surface area contributed by atoms with E-state index >= 15 is 0 Å². The lowest BCUT2D eigenvalue weighted by molar-refractivity contribution is -0.138. The van der Waals surface area contributed by atoms with Crippen molar-refractivity contribution in [3.05, 3.63) is 65.2 Å². The van der Waals surface area contributed by atoms with Crippen LogP contribution in [0.5, 0.6) is 0 Å². The summed E-state index contributed by atoms with van der Waals surface area (Å²) in [6.45, 7) is 3.43. The molecular weight excluding hydrogens is 491 g/mol. The number of amides is 3. The minimum Gasteiger partial charge on any atom is -0.443 e. The van der Waals surface area contributed by atoms with Gasteiger partial charge in [0.1, 0.15) is 11.7 Å². The summed E-state index contributed by atoms with van der Waals surface area (Å²) in [6.07, 6.45) is -6.30. The molecule has 3 aliphatic rings. The topological polar surface area (TPSA) is 109 Å². The van der Waals surface area contributed by atoms with Gasteiger partial charge in [-0.2, -0.15) is 18.4 Å². The Morgan fingerprint density at radius 3 is 2.49 bits per heavy atom. The third-order valence-corrected chi connectivity index (χ3v) is 7.48. The van der Waals surface area contributed by atoms with Gasteiger partial charge >= 0.3 is 12.3 Å². The van der Waals surface area contributed by atoms with Crippen LogP contribution in [0.2, 0.25) is 0 Å². The molecule has 3 heterocycles. The minimum absolute atomic E-state index is 0.136. The molecule has 5 rings (SSSR count). The van der Waals surface area contributed by atoms with Crippen molar-refractivity contribution < 1.29 is 37.0 Å². The SMILES string of the molecule is CC12CC(OC(=O)NCc3ccccc3)C(C)(O1)C1C(=O)N(c3ccc(C#N)c(C(F)(F)F)c3)C(=O)C12. The molecule has 3 amide bonds. The molecule has 8 nitrogen and oxygen atoms in total. The van der Waals surface area contributed by atoms with Gasteiger partial charge in [-0.15, -0.1) is 0 Å². The molecule has 0 saturated carbocycles.